The Morgan fingerprint density at radius 3 is 2.24 bits per heavy atom. The quantitative estimate of drug-likeness (QED) is 0.367. The number of anilines is 2. The van der Waals surface area contributed by atoms with Gasteiger partial charge in [-0.3, -0.25) is 23.7 Å². The maximum Gasteiger partial charge on any atom is 0.319 e. The van der Waals surface area contributed by atoms with Crippen LogP contribution in [-0.4, -0.2) is 46.3 Å². The zero-order valence-corrected chi connectivity index (χ0v) is 18.4. The molecule has 1 aromatic heterocycles. The van der Waals surface area contributed by atoms with Crippen molar-refractivity contribution in [2.24, 2.45) is 0 Å². The van der Waals surface area contributed by atoms with Crippen molar-refractivity contribution in [3.63, 3.8) is 0 Å². The van der Waals surface area contributed by atoms with E-state index in [0.717, 1.165) is 6.20 Å². The van der Waals surface area contributed by atoms with Crippen molar-refractivity contribution in [3.05, 3.63) is 82.5 Å². The summed E-state index contributed by atoms with van der Waals surface area (Å²) < 4.78 is 33.3. The molecule has 0 saturated heterocycles. The van der Waals surface area contributed by atoms with Gasteiger partial charge in [0.25, 0.3) is 15.7 Å². The van der Waals surface area contributed by atoms with E-state index in [1.54, 1.807) is 12.1 Å². The minimum absolute atomic E-state index is 0.270. The van der Waals surface area contributed by atoms with Crippen LogP contribution in [0.5, 0.6) is 0 Å². The summed E-state index contributed by atoms with van der Waals surface area (Å²) in [7, 11) is -4.60. The molecule has 0 saturated carbocycles. The number of urea groups is 1. The molecule has 4 N–H and O–H groups in total. The summed E-state index contributed by atoms with van der Waals surface area (Å²) in [6.07, 6.45) is 4.06. The number of nitrogens with zero attached hydrogens (tertiary/aromatic N) is 2. The lowest BCUT2D eigenvalue weighted by Gasteiger charge is -2.18. The Bertz CT molecular complexity index is 1310. The molecule has 33 heavy (non-hydrogen) atoms. The van der Waals surface area contributed by atoms with Gasteiger partial charge < -0.3 is 16.0 Å². The van der Waals surface area contributed by atoms with Gasteiger partial charge in [0.05, 0.1) is 6.20 Å². The van der Waals surface area contributed by atoms with Crippen LogP contribution in [0, 0.1) is 0 Å². The van der Waals surface area contributed by atoms with Crippen LogP contribution >= 0.6 is 11.6 Å². The van der Waals surface area contributed by atoms with Crippen LogP contribution in [-0.2, 0) is 14.9 Å². The fourth-order valence-electron chi connectivity index (χ4n) is 2.75. The Morgan fingerprint density at radius 1 is 1.03 bits per heavy atom. The molecule has 1 unspecified atom stereocenters. The summed E-state index contributed by atoms with van der Waals surface area (Å²) >= 11 is 5.78. The first-order valence-corrected chi connectivity index (χ1v) is 11.3. The van der Waals surface area contributed by atoms with Gasteiger partial charge in [-0.05, 0) is 48.5 Å². The molecule has 3 rings (SSSR count). The zero-order valence-electron chi connectivity index (χ0n) is 16.8. The highest BCUT2D eigenvalue weighted by atomic mass is 35.5. The number of halogens is 1. The van der Waals surface area contributed by atoms with Crippen LogP contribution in [0.25, 0.3) is 5.69 Å². The van der Waals surface area contributed by atoms with Gasteiger partial charge in [0.2, 0.25) is 5.91 Å². The Morgan fingerprint density at radius 2 is 1.64 bits per heavy atom. The van der Waals surface area contributed by atoms with Gasteiger partial charge in [-0.1, -0.05) is 11.6 Å². The van der Waals surface area contributed by atoms with Crippen molar-refractivity contribution < 1.29 is 22.6 Å². The van der Waals surface area contributed by atoms with E-state index in [0.29, 0.717) is 16.4 Å². The highest BCUT2D eigenvalue weighted by Gasteiger charge is 2.26. The molecule has 0 spiro atoms. The third-order valence-corrected chi connectivity index (χ3v) is 5.24. The number of benzene rings is 2. The SMILES string of the molecule is O=C(Nc1ccc(Cl)cc1)NC(CS(=O)(=O)O)C(=O)Nc1ccc(-n2ccncc2=O)cc1. The minimum atomic E-state index is -4.60. The van der Waals surface area contributed by atoms with Crippen LogP contribution in [0.2, 0.25) is 5.02 Å². The number of hydrogen-bond donors (Lipinski definition) is 4. The van der Waals surface area contributed by atoms with E-state index in [1.165, 1.54) is 53.4 Å². The van der Waals surface area contributed by atoms with Crippen LogP contribution in [0.15, 0.2) is 71.9 Å². The predicted octanol–water partition coefficient (Wildman–Crippen LogP) is 1.90. The maximum absolute atomic E-state index is 12.6. The lowest BCUT2D eigenvalue weighted by atomic mass is 10.2. The highest BCUT2D eigenvalue weighted by molar-refractivity contribution is 7.85. The third kappa shape index (κ3) is 7.14. The number of carbonyl (C=O) groups excluding carboxylic acids is 2. The second-order valence-corrected chi connectivity index (χ2v) is 8.66. The van der Waals surface area contributed by atoms with Crippen LogP contribution < -0.4 is 21.5 Å². The van der Waals surface area contributed by atoms with E-state index in [4.69, 9.17) is 11.6 Å². The number of amides is 3. The third-order valence-electron chi connectivity index (χ3n) is 4.24. The largest absolute Gasteiger partial charge is 0.325 e. The summed E-state index contributed by atoms with van der Waals surface area (Å²) in [6.45, 7) is 0. The van der Waals surface area contributed by atoms with Crippen molar-refractivity contribution in [2.75, 3.05) is 16.4 Å². The van der Waals surface area contributed by atoms with Gasteiger partial charge in [-0.15, -0.1) is 0 Å². The van der Waals surface area contributed by atoms with Crippen LogP contribution in [0.3, 0.4) is 0 Å². The highest BCUT2D eigenvalue weighted by Crippen LogP contribution is 2.14. The van der Waals surface area contributed by atoms with Gasteiger partial charge >= 0.3 is 6.03 Å². The Hall–Kier alpha value is -3.74. The molecule has 0 fully saturated rings. The predicted molar refractivity (Wildman–Crippen MR) is 122 cm³/mol. The first-order chi connectivity index (χ1) is 15.6. The fourth-order valence-corrected chi connectivity index (χ4v) is 3.53. The minimum Gasteiger partial charge on any atom is -0.325 e. The van der Waals surface area contributed by atoms with E-state index in [1.807, 2.05) is 0 Å². The monoisotopic (exact) mass is 491 g/mol. The van der Waals surface area contributed by atoms with E-state index in [2.05, 4.69) is 20.9 Å². The Kier molecular flexibility index (Phi) is 7.43. The number of rotatable bonds is 7. The molecular weight excluding hydrogens is 474 g/mol. The molecule has 172 valence electrons. The second-order valence-electron chi connectivity index (χ2n) is 6.73. The average Bonchev–Trinajstić information content (AvgIpc) is 2.75. The van der Waals surface area contributed by atoms with Crippen LogP contribution in [0.4, 0.5) is 16.2 Å². The van der Waals surface area contributed by atoms with Crippen LogP contribution in [0.1, 0.15) is 0 Å². The van der Waals surface area contributed by atoms with Gasteiger partial charge in [-0.25, -0.2) is 4.79 Å². The molecule has 0 aliphatic heterocycles. The molecule has 0 radical (unpaired) electrons. The molecule has 2 aromatic carbocycles. The van der Waals surface area contributed by atoms with Crippen molar-refractivity contribution in [3.8, 4) is 5.69 Å². The summed E-state index contributed by atoms with van der Waals surface area (Å²) in [5.41, 5.74) is 0.782. The van der Waals surface area contributed by atoms with E-state index < -0.39 is 33.9 Å². The molecule has 0 aliphatic carbocycles. The number of nitrogens with one attached hydrogen (secondary N) is 3. The normalized spacial score (nSPS) is 11.9. The smallest absolute Gasteiger partial charge is 0.319 e. The molecular formula is C20H18ClN5O6S. The molecule has 0 aliphatic rings. The molecule has 3 aromatic rings. The first kappa shape index (κ1) is 23.9. The molecule has 1 atom stereocenters. The van der Waals surface area contributed by atoms with Gasteiger partial charge in [0.1, 0.15) is 11.8 Å². The number of aromatic nitrogens is 2. The van der Waals surface area contributed by atoms with E-state index in [9.17, 15) is 27.4 Å². The van der Waals surface area contributed by atoms with Crippen molar-refractivity contribution in [1.82, 2.24) is 14.9 Å². The molecule has 11 nitrogen and oxygen atoms in total. The fraction of sp³-hybridized carbons (Fsp3) is 0.100. The standard InChI is InChI=1S/C20H18ClN5O6S/c21-13-1-3-15(4-2-13)24-20(29)25-17(12-33(30,31)32)19(28)23-14-5-7-16(8-6-14)26-10-9-22-11-18(26)27/h1-11,17H,12H2,(H,23,28)(H2,24,25,29)(H,30,31,32). The summed E-state index contributed by atoms with van der Waals surface area (Å²) in [5.74, 6) is -1.93. The van der Waals surface area contributed by atoms with Crippen molar-refractivity contribution in [2.45, 2.75) is 6.04 Å². The first-order valence-electron chi connectivity index (χ1n) is 9.33. The van der Waals surface area contributed by atoms with Gasteiger partial charge in [0.15, 0.2) is 0 Å². The average molecular weight is 492 g/mol. The van der Waals surface area contributed by atoms with E-state index in [-0.39, 0.29) is 11.2 Å². The van der Waals surface area contributed by atoms with Crippen molar-refractivity contribution >= 4 is 45.0 Å². The molecule has 0 bridgehead atoms. The van der Waals surface area contributed by atoms with Gasteiger partial charge in [-0.2, -0.15) is 8.42 Å². The second kappa shape index (κ2) is 10.3. The Balaban J connectivity index is 1.71. The number of carbonyl (C=O) groups is 2. The van der Waals surface area contributed by atoms with Crippen molar-refractivity contribution in [1.29, 1.82) is 0 Å². The molecule has 1 heterocycles. The maximum atomic E-state index is 12.6. The lowest BCUT2D eigenvalue weighted by Crippen LogP contribution is -2.49. The zero-order chi connectivity index (χ0) is 24.0. The lowest BCUT2D eigenvalue weighted by molar-refractivity contribution is -0.117. The molecule has 3 amide bonds. The molecule has 13 heteroatoms. The van der Waals surface area contributed by atoms with E-state index >= 15 is 0 Å². The number of hydrogen-bond acceptors (Lipinski definition) is 6. The summed E-state index contributed by atoms with van der Waals surface area (Å²) in [5, 5.41) is 7.56. The summed E-state index contributed by atoms with van der Waals surface area (Å²) in [6, 6.07) is 9.68. The van der Waals surface area contributed by atoms with Gasteiger partial charge in [0, 0.05) is 34.5 Å². The summed E-state index contributed by atoms with van der Waals surface area (Å²) in [4.78, 5) is 40.4. The topological polar surface area (TPSA) is 159 Å². The Labute approximate surface area is 193 Å².